The number of hydrogen-bond donors (Lipinski definition) is 2. The minimum atomic E-state index is 0. The number of aryl methyl sites for hydroxylation is 2. The first-order valence-corrected chi connectivity index (χ1v) is 10.1. The molecule has 1 saturated carbocycles. The van der Waals surface area contributed by atoms with Crippen LogP contribution in [0, 0.1) is 12.8 Å². The molecule has 1 aliphatic heterocycles. The van der Waals surface area contributed by atoms with Gasteiger partial charge in [-0.05, 0) is 49.8 Å². The fourth-order valence-electron chi connectivity index (χ4n) is 3.95. The van der Waals surface area contributed by atoms with Crippen LogP contribution in [0.2, 0.25) is 5.02 Å². The van der Waals surface area contributed by atoms with Crippen molar-refractivity contribution in [1.29, 1.82) is 0 Å². The van der Waals surface area contributed by atoms with Gasteiger partial charge in [-0.25, -0.2) is 0 Å². The number of aliphatic imine (C=N–C) groups is 1. The van der Waals surface area contributed by atoms with E-state index in [4.69, 9.17) is 11.6 Å². The Balaban J connectivity index is 0.00000225. The third kappa shape index (κ3) is 4.62. The second-order valence-electron chi connectivity index (χ2n) is 7.78. The van der Waals surface area contributed by atoms with Crippen LogP contribution in [0.5, 0.6) is 0 Å². The zero-order valence-corrected chi connectivity index (χ0v) is 19.5. The molecular weight excluding hydrogens is 487 g/mol. The summed E-state index contributed by atoms with van der Waals surface area (Å²) in [6.45, 7) is 4.79. The number of hydrogen-bond acceptors (Lipinski definition) is 3. The van der Waals surface area contributed by atoms with E-state index in [0.717, 1.165) is 55.1 Å². The number of rotatable bonds is 5. The number of halogens is 2. The zero-order valence-electron chi connectivity index (χ0n) is 16.4. The van der Waals surface area contributed by atoms with Crippen molar-refractivity contribution in [2.24, 2.45) is 10.9 Å². The normalized spacial score (nSPS) is 20.1. The Kier molecular flexibility index (Phi) is 6.85. The second-order valence-corrected chi connectivity index (χ2v) is 8.21. The average Bonchev–Trinajstić information content (AvgIpc) is 3.39. The van der Waals surface area contributed by atoms with E-state index in [1.54, 1.807) is 0 Å². The summed E-state index contributed by atoms with van der Waals surface area (Å²) in [6.07, 6.45) is 4.51. The third-order valence-corrected chi connectivity index (χ3v) is 6.13. The lowest BCUT2D eigenvalue weighted by Crippen LogP contribution is -2.44. The van der Waals surface area contributed by atoms with E-state index >= 15 is 0 Å². The Labute approximate surface area is 188 Å². The first-order chi connectivity index (χ1) is 13.1. The molecule has 0 radical (unpaired) electrons. The van der Waals surface area contributed by atoms with Crippen LogP contribution in [-0.2, 0) is 18.4 Å². The lowest BCUT2D eigenvalue weighted by Gasteiger charge is -2.25. The summed E-state index contributed by atoms with van der Waals surface area (Å²) in [5, 5.41) is 16.3. The monoisotopic (exact) mass is 514 g/mol. The molecule has 2 heterocycles. The summed E-state index contributed by atoms with van der Waals surface area (Å²) in [6, 6.07) is 8.24. The van der Waals surface area contributed by atoms with Gasteiger partial charge in [-0.2, -0.15) is 0 Å². The van der Waals surface area contributed by atoms with Crippen LogP contribution in [-0.4, -0.2) is 40.9 Å². The molecule has 2 aliphatic rings. The van der Waals surface area contributed by atoms with E-state index in [0.29, 0.717) is 5.92 Å². The molecule has 1 aromatic carbocycles. The van der Waals surface area contributed by atoms with Gasteiger partial charge in [-0.3, -0.25) is 4.99 Å². The fourth-order valence-corrected chi connectivity index (χ4v) is 4.14. The summed E-state index contributed by atoms with van der Waals surface area (Å²) in [4.78, 5) is 4.40. The molecule has 0 spiro atoms. The van der Waals surface area contributed by atoms with Gasteiger partial charge in [0, 0.05) is 43.5 Å². The fraction of sp³-hybridized carbons (Fsp3) is 0.550. The summed E-state index contributed by atoms with van der Waals surface area (Å²) >= 11 is 6.18. The van der Waals surface area contributed by atoms with Gasteiger partial charge in [0.05, 0.1) is 0 Å². The van der Waals surface area contributed by atoms with E-state index in [1.807, 2.05) is 26.1 Å². The van der Waals surface area contributed by atoms with Crippen LogP contribution in [0.4, 0.5) is 0 Å². The van der Waals surface area contributed by atoms with Crippen molar-refractivity contribution >= 4 is 41.5 Å². The Bertz CT molecular complexity index is 845. The molecule has 1 atom stereocenters. The van der Waals surface area contributed by atoms with Gasteiger partial charge < -0.3 is 15.2 Å². The van der Waals surface area contributed by atoms with E-state index in [-0.39, 0.29) is 29.4 Å². The average molecular weight is 515 g/mol. The number of fused-ring (bicyclic) bond motifs is 1. The standard InChI is InChI=1S/C20H27ClN6.HI/c1-14-25-26-18-7-6-15(12-27(14)18)11-23-19(22-2)24-13-20(8-9-20)16-4-3-5-17(21)10-16;/h3-5,10,15H,6-9,11-13H2,1-2H3,(H2,22,23,24);1H. The highest BCUT2D eigenvalue weighted by Gasteiger charge is 2.44. The van der Waals surface area contributed by atoms with Crippen LogP contribution >= 0.6 is 35.6 Å². The molecule has 28 heavy (non-hydrogen) atoms. The summed E-state index contributed by atoms with van der Waals surface area (Å²) in [7, 11) is 1.83. The zero-order chi connectivity index (χ0) is 18.9. The van der Waals surface area contributed by atoms with Crippen LogP contribution in [0.25, 0.3) is 0 Å². The predicted molar refractivity (Wildman–Crippen MR) is 124 cm³/mol. The number of guanidine groups is 1. The van der Waals surface area contributed by atoms with Crippen molar-refractivity contribution in [3.05, 3.63) is 46.5 Å². The van der Waals surface area contributed by atoms with Gasteiger partial charge in [0.25, 0.3) is 0 Å². The topological polar surface area (TPSA) is 67.1 Å². The van der Waals surface area contributed by atoms with Gasteiger partial charge in [0.1, 0.15) is 11.6 Å². The van der Waals surface area contributed by atoms with Crippen LogP contribution < -0.4 is 10.6 Å². The highest BCUT2D eigenvalue weighted by Crippen LogP contribution is 2.48. The lowest BCUT2D eigenvalue weighted by atomic mass is 9.96. The summed E-state index contributed by atoms with van der Waals surface area (Å²) in [5.41, 5.74) is 1.52. The predicted octanol–water partition coefficient (Wildman–Crippen LogP) is 3.32. The van der Waals surface area contributed by atoms with Crippen molar-refractivity contribution in [1.82, 2.24) is 25.4 Å². The second kappa shape index (κ2) is 8.98. The molecule has 2 N–H and O–H groups in total. The number of benzene rings is 1. The van der Waals surface area contributed by atoms with E-state index in [2.05, 4.69) is 42.5 Å². The Hall–Kier alpha value is -1.35. The van der Waals surface area contributed by atoms with Crippen molar-refractivity contribution in [3.63, 3.8) is 0 Å². The van der Waals surface area contributed by atoms with E-state index < -0.39 is 0 Å². The Morgan fingerprint density at radius 3 is 2.86 bits per heavy atom. The van der Waals surface area contributed by atoms with Gasteiger partial charge >= 0.3 is 0 Å². The molecule has 6 nitrogen and oxygen atoms in total. The Morgan fingerprint density at radius 1 is 1.32 bits per heavy atom. The van der Waals surface area contributed by atoms with Gasteiger partial charge in [0.15, 0.2) is 5.96 Å². The highest BCUT2D eigenvalue weighted by molar-refractivity contribution is 14.0. The first-order valence-electron chi connectivity index (χ1n) is 9.69. The lowest BCUT2D eigenvalue weighted by molar-refractivity contribution is 0.358. The minimum Gasteiger partial charge on any atom is -0.356 e. The molecule has 1 fully saturated rings. The number of nitrogens with zero attached hydrogens (tertiary/aromatic N) is 4. The van der Waals surface area contributed by atoms with Crippen molar-refractivity contribution in [3.8, 4) is 0 Å². The van der Waals surface area contributed by atoms with E-state index in [1.165, 1.54) is 18.4 Å². The molecular formula is C20H28ClIN6. The SMILES string of the molecule is CN=C(NCC1CCc2nnc(C)n2C1)NCC1(c2cccc(Cl)c2)CC1.I. The van der Waals surface area contributed by atoms with Crippen LogP contribution in [0.3, 0.4) is 0 Å². The van der Waals surface area contributed by atoms with Crippen LogP contribution in [0.1, 0.15) is 36.5 Å². The molecule has 0 bridgehead atoms. The first kappa shape index (κ1) is 21.4. The molecule has 1 aliphatic carbocycles. The maximum atomic E-state index is 6.18. The molecule has 0 saturated heterocycles. The van der Waals surface area contributed by atoms with Gasteiger partial charge in [0.2, 0.25) is 0 Å². The third-order valence-electron chi connectivity index (χ3n) is 5.90. The molecule has 2 aromatic rings. The molecule has 1 aromatic heterocycles. The largest absolute Gasteiger partial charge is 0.356 e. The van der Waals surface area contributed by atoms with Gasteiger partial charge in [-0.1, -0.05) is 23.7 Å². The smallest absolute Gasteiger partial charge is 0.191 e. The number of nitrogens with one attached hydrogen (secondary N) is 2. The van der Waals surface area contributed by atoms with Crippen molar-refractivity contribution in [2.75, 3.05) is 20.1 Å². The van der Waals surface area contributed by atoms with Crippen LogP contribution in [0.15, 0.2) is 29.3 Å². The molecule has 152 valence electrons. The Morgan fingerprint density at radius 2 is 2.14 bits per heavy atom. The maximum absolute atomic E-state index is 6.18. The van der Waals surface area contributed by atoms with Crippen molar-refractivity contribution in [2.45, 2.75) is 44.6 Å². The number of aromatic nitrogens is 3. The van der Waals surface area contributed by atoms with Gasteiger partial charge in [-0.15, -0.1) is 34.2 Å². The molecule has 1 unspecified atom stereocenters. The van der Waals surface area contributed by atoms with Crippen molar-refractivity contribution < 1.29 is 0 Å². The minimum absolute atomic E-state index is 0. The molecule has 0 amide bonds. The highest BCUT2D eigenvalue weighted by atomic mass is 127. The maximum Gasteiger partial charge on any atom is 0.191 e. The van der Waals surface area contributed by atoms with E-state index in [9.17, 15) is 0 Å². The summed E-state index contributed by atoms with van der Waals surface area (Å²) in [5.74, 6) is 3.56. The molecule has 8 heteroatoms. The quantitative estimate of drug-likeness (QED) is 0.365. The summed E-state index contributed by atoms with van der Waals surface area (Å²) < 4.78 is 2.24. The molecule has 4 rings (SSSR count).